The molecule has 0 aliphatic carbocycles. The van der Waals surface area contributed by atoms with Gasteiger partial charge in [-0.15, -0.1) is 0 Å². The van der Waals surface area contributed by atoms with E-state index in [0.717, 1.165) is 12.5 Å². The maximum Gasteiger partial charge on any atom is 0.193 e. The van der Waals surface area contributed by atoms with Gasteiger partial charge in [0, 0.05) is 45.7 Å². The van der Waals surface area contributed by atoms with Gasteiger partial charge in [-0.1, -0.05) is 0 Å². The molecule has 14 heavy (non-hydrogen) atoms. The van der Waals surface area contributed by atoms with Gasteiger partial charge in [-0.25, -0.2) is 0 Å². The second kappa shape index (κ2) is 3.42. The molecule has 80 valence electrons. The van der Waals surface area contributed by atoms with Crippen LogP contribution in [0.5, 0.6) is 0 Å². The molecular weight excluding hydrogens is 176 g/mol. The third-order valence-corrected chi connectivity index (χ3v) is 3.38. The lowest BCUT2D eigenvalue weighted by atomic mass is 9.79. The highest BCUT2D eigenvalue weighted by Gasteiger charge is 2.46. The Balaban J connectivity index is 1.95. The molecule has 0 radical (unpaired) electrons. The summed E-state index contributed by atoms with van der Waals surface area (Å²) in [6.07, 6.45) is 1.32. The predicted molar refractivity (Wildman–Crippen MR) is 58.5 cm³/mol. The van der Waals surface area contributed by atoms with E-state index in [9.17, 15) is 0 Å². The highest BCUT2D eigenvalue weighted by molar-refractivity contribution is 5.79. The first-order chi connectivity index (χ1) is 6.69. The van der Waals surface area contributed by atoms with Crippen molar-refractivity contribution < 1.29 is 0 Å². The first-order valence-electron chi connectivity index (χ1n) is 5.27. The van der Waals surface area contributed by atoms with E-state index >= 15 is 0 Å². The smallest absolute Gasteiger partial charge is 0.193 e. The van der Waals surface area contributed by atoms with Gasteiger partial charge in [-0.05, 0) is 13.5 Å². The van der Waals surface area contributed by atoms with Crippen molar-refractivity contribution >= 4 is 5.96 Å². The van der Waals surface area contributed by atoms with Gasteiger partial charge in [0.1, 0.15) is 0 Å². The van der Waals surface area contributed by atoms with Crippen LogP contribution in [0, 0.1) is 5.41 Å². The van der Waals surface area contributed by atoms with Crippen LogP contribution in [0.4, 0.5) is 0 Å². The zero-order valence-corrected chi connectivity index (χ0v) is 9.38. The molecule has 2 rings (SSSR count). The van der Waals surface area contributed by atoms with Gasteiger partial charge in [0.15, 0.2) is 5.96 Å². The van der Waals surface area contributed by atoms with Gasteiger partial charge >= 0.3 is 0 Å². The molecule has 0 bridgehead atoms. The molecule has 0 aromatic rings. The SMILES string of the molecule is CN=C(NC)N1CCC2(CN(C)C2)C1. The second-order valence-corrected chi connectivity index (χ2v) is 4.64. The minimum atomic E-state index is 0.571. The van der Waals surface area contributed by atoms with Crippen molar-refractivity contribution in [2.75, 3.05) is 47.3 Å². The van der Waals surface area contributed by atoms with Crippen molar-refractivity contribution in [2.24, 2.45) is 10.4 Å². The van der Waals surface area contributed by atoms with E-state index in [0.29, 0.717) is 5.41 Å². The van der Waals surface area contributed by atoms with Crippen molar-refractivity contribution in [1.82, 2.24) is 15.1 Å². The Hall–Kier alpha value is -0.770. The number of hydrogen-bond acceptors (Lipinski definition) is 2. The highest BCUT2D eigenvalue weighted by atomic mass is 15.3. The molecule has 0 unspecified atom stereocenters. The minimum absolute atomic E-state index is 0.571. The van der Waals surface area contributed by atoms with Gasteiger partial charge in [0.2, 0.25) is 0 Å². The molecule has 0 aromatic heterocycles. The number of nitrogens with one attached hydrogen (secondary N) is 1. The lowest BCUT2D eigenvalue weighted by Crippen LogP contribution is -2.56. The maximum absolute atomic E-state index is 4.25. The average Bonchev–Trinajstić information content (AvgIpc) is 2.51. The Morgan fingerprint density at radius 3 is 2.57 bits per heavy atom. The van der Waals surface area contributed by atoms with E-state index in [1.54, 1.807) is 0 Å². The Labute approximate surface area is 86.0 Å². The topological polar surface area (TPSA) is 30.9 Å². The van der Waals surface area contributed by atoms with Crippen molar-refractivity contribution in [3.05, 3.63) is 0 Å². The monoisotopic (exact) mass is 196 g/mol. The Morgan fingerprint density at radius 2 is 2.07 bits per heavy atom. The van der Waals surface area contributed by atoms with Crippen LogP contribution in [0.2, 0.25) is 0 Å². The molecule has 0 atom stereocenters. The largest absolute Gasteiger partial charge is 0.359 e. The molecule has 0 amide bonds. The molecule has 0 saturated carbocycles. The Kier molecular flexibility index (Phi) is 2.39. The van der Waals surface area contributed by atoms with E-state index in [1.807, 2.05) is 14.1 Å². The van der Waals surface area contributed by atoms with Crippen LogP contribution in [-0.2, 0) is 0 Å². The van der Waals surface area contributed by atoms with Gasteiger partial charge in [-0.2, -0.15) is 0 Å². The summed E-state index contributed by atoms with van der Waals surface area (Å²) < 4.78 is 0. The highest BCUT2D eigenvalue weighted by Crippen LogP contribution is 2.38. The number of likely N-dealkylation sites (tertiary alicyclic amines) is 2. The number of rotatable bonds is 0. The van der Waals surface area contributed by atoms with Crippen molar-refractivity contribution in [3.8, 4) is 0 Å². The van der Waals surface area contributed by atoms with E-state index in [4.69, 9.17) is 0 Å². The zero-order valence-electron chi connectivity index (χ0n) is 9.38. The standard InChI is InChI=1S/C10H20N4/c1-11-9(12-2)14-5-4-10(8-14)6-13(3)7-10/h4-8H2,1-3H3,(H,11,12). The summed E-state index contributed by atoms with van der Waals surface area (Å²) in [5.74, 6) is 1.04. The summed E-state index contributed by atoms with van der Waals surface area (Å²) in [6.45, 7) is 4.83. The first kappa shape index (κ1) is 9.77. The van der Waals surface area contributed by atoms with E-state index in [1.165, 1.54) is 26.1 Å². The Morgan fingerprint density at radius 1 is 1.36 bits per heavy atom. The maximum atomic E-state index is 4.25. The Bertz CT molecular complexity index is 243. The van der Waals surface area contributed by atoms with Gasteiger partial charge in [-0.3, -0.25) is 4.99 Å². The minimum Gasteiger partial charge on any atom is -0.359 e. The number of guanidine groups is 1. The zero-order chi connectivity index (χ0) is 10.2. The lowest BCUT2D eigenvalue weighted by Gasteiger charge is -2.46. The van der Waals surface area contributed by atoms with Gasteiger partial charge in [0.25, 0.3) is 0 Å². The number of hydrogen-bond donors (Lipinski definition) is 1. The number of nitrogens with zero attached hydrogens (tertiary/aromatic N) is 3. The average molecular weight is 196 g/mol. The normalized spacial score (nSPS) is 26.8. The second-order valence-electron chi connectivity index (χ2n) is 4.64. The summed E-state index contributed by atoms with van der Waals surface area (Å²) in [5.41, 5.74) is 0.571. The fourth-order valence-electron chi connectivity index (χ4n) is 2.88. The van der Waals surface area contributed by atoms with Crippen LogP contribution < -0.4 is 5.32 Å². The molecule has 2 heterocycles. The molecule has 2 saturated heterocycles. The molecular formula is C10H20N4. The quantitative estimate of drug-likeness (QED) is 0.431. The summed E-state index contributed by atoms with van der Waals surface area (Å²) in [6, 6.07) is 0. The van der Waals surface area contributed by atoms with Gasteiger partial charge < -0.3 is 15.1 Å². The van der Waals surface area contributed by atoms with Crippen LogP contribution in [0.15, 0.2) is 4.99 Å². The third-order valence-electron chi connectivity index (χ3n) is 3.38. The van der Waals surface area contributed by atoms with Crippen LogP contribution in [0.25, 0.3) is 0 Å². The van der Waals surface area contributed by atoms with Gasteiger partial charge in [0.05, 0.1) is 0 Å². The van der Waals surface area contributed by atoms with Crippen LogP contribution in [0.1, 0.15) is 6.42 Å². The molecule has 1 N–H and O–H groups in total. The van der Waals surface area contributed by atoms with E-state index in [-0.39, 0.29) is 0 Å². The van der Waals surface area contributed by atoms with E-state index < -0.39 is 0 Å². The van der Waals surface area contributed by atoms with Crippen LogP contribution in [0.3, 0.4) is 0 Å². The molecule has 0 aromatic carbocycles. The van der Waals surface area contributed by atoms with Crippen LogP contribution >= 0.6 is 0 Å². The summed E-state index contributed by atoms with van der Waals surface area (Å²) in [4.78, 5) is 9.01. The molecule has 2 fully saturated rings. The number of aliphatic imine (C=N–C) groups is 1. The summed E-state index contributed by atoms with van der Waals surface area (Å²) in [5, 5.41) is 3.15. The summed E-state index contributed by atoms with van der Waals surface area (Å²) in [7, 11) is 5.99. The third kappa shape index (κ3) is 1.47. The van der Waals surface area contributed by atoms with Crippen LogP contribution in [-0.4, -0.2) is 63.1 Å². The van der Waals surface area contributed by atoms with Crippen molar-refractivity contribution in [2.45, 2.75) is 6.42 Å². The first-order valence-corrected chi connectivity index (χ1v) is 5.27. The molecule has 4 nitrogen and oxygen atoms in total. The van der Waals surface area contributed by atoms with Crippen molar-refractivity contribution in [1.29, 1.82) is 0 Å². The molecule has 2 aliphatic rings. The van der Waals surface area contributed by atoms with E-state index in [2.05, 4.69) is 27.2 Å². The predicted octanol–water partition coefficient (Wildman–Crippen LogP) is -0.171. The molecule has 2 aliphatic heterocycles. The summed E-state index contributed by atoms with van der Waals surface area (Å²) >= 11 is 0. The fourth-order valence-corrected chi connectivity index (χ4v) is 2.88. The molecule has 4 heteroatoms. The fraction of sp³-hybridized carbons (Fsp3) is 0.900. The molecule has 1 spiro atoms. The van der Waals surface area contributed by atoms with Crippen molar-refractivity contribution in [3.63, 3.8) is 0 Å². The lowest BCUT2D eigenvalue weighted by molar-refractivity contribution is 0.0354.